The Labute approximate surface area is 65.7 Å². The van der Waals surface area contributed by atoms with E-state index in [1.807, 2.05) is 0 Å². The molecule has 1 aliphatic heterocycles. The van der Waals surface area contributed by atoms with Gasteiger partial charge in [0, 0.05) is 18.0 Å². The highest BCUT2D eigenvalue weighted by atomic mass is 16.2. The van der Waals surface area contributed by atoms with E-state index < -0.39 is 0 Å². The highest BCUT2D eigenvalue weighted by molar-refractivity contribution is 6.05. The van der Waals surface area contributed by atoms with Crippen LogP contribution in [0.2, 0.25) is 0 Å². The minimum Gasteiger partial charge on any atom is -0.274 e. The molecule has 1 rings (SSSR count). The monoisotopic (exact) mass is 153 g/mol. The smallest absolute Gasteiger partial charge is 0.236 e. The molecule has 0 saturated carbocycles. The summed E-state index contributed by atoms with van der Waals surface area (Å²) in [4.78, 5) is 23.5. The SMILES string of the molecule is C=CN1C(=O)C(C)C(C)C1=O. The van der Waals surface area contributed by atoms with Gasteiger partial charge in [-0.25, -0.2) is 0 Å². The van der Waals surface area contributed by atoms with Crippen LogP contribution in [0.5, 0.6) is 0 Å². The summed E-state index contributed by atoms with van der Waals surface area (Å²) in [6, 6.07) is 0. The Morgan fingerprint density at radius 1 is 1.27 bits per heavy atom. The number of nitrogens with zero attached hydrogens (tertiary/aromatic N) is 1. The molecule has 0 aromatic heterocycles. The minimum atomic E-state index is -0.194. The highest BCUT2D eigenvalue weighted by Crippen LogP contribution is 2.24. The molecule has 2 atom stereocenters. The molecular weight excluding hydrogens is 142 g/mol. The standard InChI is InChI=1S/C8H11NO2/c1-4-9-7(10)5(2)6(3)8(9)11/h4-6H,1H2,2-3H3. The zero-order chi connectivity index (χ0) is 8.59. The third-order valence-corrected chi connectivity index (χ3v) is 2.19. The van der Waals surface area contributed by atoms with Gasteiger partial charge in [0.25, 0.3) is 0 Å². The number of carbonyl (C=O) groups is 2. The third-order valence-electron chi connectivity index (χ3n) is 2.19. The molecule has 0 spiro atoms. The zero-order valence-corrected chi connectivity index (χ0v) is 6.70. The largest absolute Gasteiger partial charge is 0.274 e. The van der Waals surface area contributed by atoms with Crippen molar-refractivity contribution >= 4 is 11.8 Å². The molecule has 2 amide bonds. The molecule has 60 valence electrons. The van der Waals surface area contributed by atoms with Crippen LogP contribution in [0, 0.1) is 11.8 Å². The second kappa shape index (κ2) is 2.49. The summed E-state index contributed by atoms with van der Waals surface area (Å²) in [5.41, 5.74) is 0. The maximum Gasteiger partial charge on any atom is 0.236 e. The van der Waals surface area contributed by atoms with E-state index in [9.17, 15) is 9.59 Å². The quantitative estimate of drug-likeness (QED) is 0.522. The van der Waals surface area contributed by atoms with Crippen molar-refractivity contribution in [3.05, 3.63) is 12.8 Å². The van der Waals surface area contributed by atoms with E-state index in [1.165, 1.54) is 6.20 Å². The van der Waals surface area contributed by atoms with Crippen LogP contribution in [0.1, 0.15) is 13.8 Å². The van der Waals surface area contributed by atoms with Crippen molar-refractivity contribution in [2.24, 2.45) is 11.8 Å². The van der Waals surface area contributed by atoms with Gasteiger partial charge in [0.2, 0.25) is 11.8 Å². The van der Waals surface area contributed by atoms with Crippen LogP contribution in [0.25, 0.3) is 0 Å². The molecule has 0 aromatic carbocycles. The van der Waals surface area contributed by atoms with E-state index in [2.05, 4.69) is 6.58 Å². The van der Waals surface area contributed by atoms with Crippen LogP contribution in [0.4, 0.5) is 0 Å². The van der Waals surface area contributed by atoms with Gasteiger partial charge >= 0.3 is 0 Å². The average molecular weight is 153 g/mol. The first-order valence-electron chi connectivity index (χ1n) is 3.59. The number of hydrogen-bond donors (Lipinski definition) is 0. The molecule has 1 fully saturated rings. The Bertz CT molecular complexity index is 202. The van der Waals surface area contributed by atoms with E-state index >= 15 is 0 Å². The van der Waals surface area contributed by atoms with E-state index in [-0.39, 0.29) is 23.7 Å². The summed E-state index contributed by atoms with van der Waals surface area (Å²) in [6.45, 7) is 6.91. The highest BCUT2D eigenvalue weighted by Gasteiger charge is 2.40. The van der Waals surface area contributed by atoms with Crippen LogP contribution in [0.3, 0.4) is 0 Å². The lowest BCUT2D eigenvalue weighted by molar-refractivity contribution is -0.136. The molecule has 0 bridgehead atoms. The van der Waals surface area contributed by atoms with Crippen LogP contribution in [-0.2, 0) is 9.59 Å². The summed E-state index contributed by atoms with van der Waals surface area (Å²) in [6.07, 6.45) is 1.28. The molecule has 0 radical (unpaired) electrons. The fourth-order valence-corrected chi connectivity index (χ4v) is 1.16. The van der Waals surface area contributed by atoms with E-state index in [0.29, 0.717) is 0 Å². The topological polar surface area (TPSA) is 37.4 Å². The molecular formula is C8H11NO2. The molecule has 1 heterocycles. The average Bonchev–Trinajstić information content (AvgIpc) is 2.17. The molecule has 3 nitrogen and oxygen atoms in total. The van der Waals surface area contributed by atoms with Crippen molar-refractivity contribution in [1.29, 1.82) is 0 Å². The van der Waals surface area contributed by atoms with E-state index in [1.54, 1.807) is 13.8 Å². The summed E-state index contributed by atoms with van der Waals surface area (Å²) in [5, 5.41) is 0. The third kappa shape index (κ3) is 0.964. The van der Waals surface area contributed by atoms with Gasteiger partial charge in [-0.3, -0.25) is 14.5 Å². The fraction of sp³-hybridized carbons (Fsp3) is 0.500. The lowest BCUT2D eigenvalue weighted by atomic mass is 10.00. The van der Waals surface area contributed by atoms with Crippen molar-refractivity contribution < 1.29 is 9.59 Å². The molecule has 11 heavy (non-hydrogen) atoms. The van der Waals surface area contributed by atoms with Gasteiger partial charge in [0.1, 0.15) is 0 Å². The summed E-state index contributed by atoms with van der Waals surface area (Å²) in [5.74, 6) is -0.670. The van der Waals surface area contributed by atoms with Crippen LogP contribution in [-0.4, -0.2) is 16.7 Å². The van der Waals surface area contributed by atoms with Crippen LogP contribution < -0.4 is 0 Å². The Morgan fingerprint density at radius 3 is 1.82 bits per heavy atom. The maximum atomic E-state index is 11.2. The molecule has 1 saturated heterocycles. The lowest BCUT2D eigenvalue weighted by Gasteiger charge is -2.05. The van der Waals surface area contributed by atoms with Gasteiger partial charge in [-0.1, -0.05) is 20.4 Å². The molecule has 2 unspecified atom stereocenters. The first-order chi connectivity index (χ1) is 5.09. The van der Waals surface area contributed by atoms with Gasteiger partial charge in [-0.05, 0) is 0 Å². The van der Waals surface area contributed by atoms with Crippen LogP contribution >= 0.6 is 0 Å². The Balaban J connectivity index is 2.94. The summed E-state index contributed by atoms with van der Waals surface area (Å²) < 4.78 is 0. The van der Waals surface area contributed by atoms with Gasteiger partial charge in [-0.2, -0.15) is 0 Å². The van der Waals surface area contributed by atoms with Gasteiger partial charge in [0.15, 0.2) is 0 Å². The van der Waals surface area contributed by atoms with Gasteiger partial charge < -0.3 is 0 Å². The second-order valence-corrected chi connectivity index (χ2v) is 2.81. The Kier molecular flexibility index (Phi) is 1.81. The number of carbonyl (C=O) groups excluding carboxylic acids is 2. The molecule has 0 aromatic rings. The van der Waals surface area contributed by atoms with Crippen molar-refractivity contribution in [2.75, 3.05) is 0 Å². The predicted octanol–water partition coefficient (Wildman–Crippen LogP) is 0.771. The lowest BCUT2D eigenvalue weighted by Crippen LogP contribution is -2.24. The van der Waals surface area contributed by atoms with Crippen LogP contribution in [0.15, 0.2) is 12.8 Å². The second-order valence-electron chi connectivity index (χ2n) is 2.81. The van der Waals surface area contributed by atoms with Gasteiger partial charge in [-0.15, -0.1) is 0 Å². The predicted molar refractivity (Wildman–Crippen MR) is 40.4 cm³/mol. The summed E-state index contributed by atoms with van der Waals surface area (Å²) in [7, 11) is 0. The van der Waals surface area contributed by atoms with Crippen molar-refractivity contribution in [1.82, 2.24) is 4.90 Å². The molecule has 0 aliphatic carbocycles. The molecule has 3 heteroatoms. The fourth-order valence-electron chi connectivity index (χ4n) is 1.16. The van der Waals surface area contributed by atoms with E-state index in [0.717, 1.165) is 4.90 Å². The zero-order valence-electron chi connectivity index (χ0n) is 6.70. The molecule has 0 N–H and O–H groups in total. The summed E-state index contributed by atoms with van der Waals surface area (Å²) >= 11 is 0. The number of imide groups is 1. The number of likely N-dealkylation sites (tertiary alicyclic amines) is 1. The van der Waals surface area contributed by atoms with Crippen molar-refractivity contribution in [3.63, 3.8) is 0 Å². The first kappa shape index (κ1) is 7.98. The number of amides is 2. The number of hydrogen-bond acceptors (Lipinski definition) is 2. The van der Waals surface area contributed by atoms with Crippen molar-refractivity contribution in [2.45, 2.75) is 13.8 Å². The first-order valence-corrected chi connectivity index (χ1v) is 3.59. The number of rotatable bonds is 1. The minimum absolute atomic E-state index is 0.141. The van der Waals surface area contributed by atoms with E-state index in [4.69, 9.17) is 0 Å². The Hall–Kier alpha value is -1.12. The van der Waals surface area contributed by atoms with Gasteiger partial charge in [0.05, 0.1) is 0 Å². The molecule has 1 aliphatic rings. The maximum absolute atomic E-state index is 11.2. The Morgan fingerprint density at radius 2 is 1.64 bits per heavy atom. The normalized spacial score (nSPS) is 31.3. The van der Waals surface area contributed by atoms with Crippen molar-refractivity contribution in [3.8, 4) is 0 Å².